The lowest BCUT2D eigenvalue weighted by atomic mass is 10.1. The molecule has 28 heavy (non-hydrogen) atoms. The Bertz CT molecular complexity index is 1050. The van der Waals surface area contributed by atoms with Crippen LogP contribution in [-0.4, -0.2) is 23.3 Å². The van der Waals surface area contributed by atoms with Gasteiger partial charge >= 0.3 is 6.36 Å². The lowest BCUT2D eigenvalue weighted by Gasteiger charge is -2.12. The van der Waals surface area contributed by atoms with Gasteiger partial charge in [-0.1, -0.05) is 12.1 Å². The minimum Gasteiger partial charge on any atom is -0.496 e. The van der Waals surface area contributed by atoms with Crippen molar-refractivity contribution in [1.29, 1.82) is 0 Å². The molecule has 0 unspecified atom stereocenters. The number of nitrogens with zero attached hydrogens (tertiary/aromatic N) is 2. The zero-order valence-electron chi connectivity index (χ0n) is 14.5. The number of aromatic nitrogens is 2. The van der Waals surface area contributed by atoms with Crippen LogP contribution < -0.4 is 15.0 Å². The number of alkyl halides is 3. The highest BCUT2D eigenvalue weighted by Crippen LogP contribution is 2.28. The van der Waals surface area contributed by atoms with Gasteiger partial charge in [-0.3, -0.25) is 4.79 Å². The molecule has 1 heterocycles. The summed E-state index contributed by atoms with van der Waals surface area (Å²) >= 11 is 0. The molecule has 0 saturated carbocycles. The van der Waals surface area contributed by atoms with Gasteiger partial charge in [0.25, 0.3) is 5.56 Å². The van der Waals surface area contributed by atoms with Crippen molar-refractivity contribution < 1.29 is 27.0 Å². The van der Waals surface area contributed by atoms with Gasteiger partial charge in [0.2, 0.25) is 0 Å². The lowest BCUT2D eigenvalue weighted by Crippen LogP contribution is -2.23. The molecule has 0 N–H and O–H groups in total. The number of halogens is 4. The predicted molar refractivity (Wildman–Crippen MR) is 92.7 cm³/mol. The molecule has 0 aliphatic carbocycles. The standard InChI is InChI=1S/C19H14F4N2O3/c1-27-17-10-13(20)5-6-15(17)16-7-8-18(26)25(24-16)11-12-3-2-4-14(9-12)28-19(21,22)23/h2-10H,11H2,1H3. The van der Waals surface area contributed by atoms with E-state index in [4.69, 9.17) is 4.74 Å². The second kappa shape index (κ2) is 7.71. The zero-order valence-corrected chi connectivity index (χ0v) is 14.5. The Kier molecular flexibility index (Phi) is 5.34. The SMILES string of the molecule is COc1cc(F)ccc1-c1ccc(=O)n(Cc2cccc(OC(F)(F)F)c2)n1. The highest BCUT2D eigenvalue weighted by molar-refractivity contribution is 5.66. The number of hydrogen-bond donors (Lipinski definition) is 0. The smallest absolute Gasteiger partial charge is 0.496 e. The van der Waals surface area contributed by atoms with Crippen molar-refractivity contribution in [2.45, 2.75) is 12.9 Å². The van der Waals surface area contributed by atoms with Crippen LogP contribution in [0, 0.1) is 5.82 Å². The molecule has 0 aliphatic heterocycles. The average Bonchev–Trinajstić information content (AvgIpc) is 2.62. The largest absolute Gasteiger partial charge is 0.573 e. The van der Waals surface area contributed by atoms with E-state index in [2.05, 4.69) is 9.84 Å². The Hall–Kier alpha value is -3.36. The van der Waals surface area contributed by atoms with Crippen LogP contribution in [0.3, 0.4) is 0 Å². The molecule has 1 aromatic heterocycles. The van der Waals surface area contributed by atoms with Crippen molar-refractivity contribution in [1.82, 2.24) is 9.78 Å². The third-order valence-corrected chi connectivity index (χ3v) is 3.77. The van der Waals surface area contributed by atoms with Gasteiger partial charge in [0.1, 0.15) is 17.3 Å². The molecular formula is C19H14F4N2O3. The fourth-order valence-corrected chi connectivity index (χ4v) is 2.60. The van der Waals surface area contributed by atoms with Crippen molar-refractivity contribution in [3.05, 3.63) is 76.3 Å². The van der Waals surface area contributed by atoms with E-state index >= 15 is 0 Å². The van der Waals surface area contributed by atoms with Gasteiger partial charge in [-0.05, 0) is 35.9 Å². The van der Waals surface area contributed by atoms with Gasteiger partial charge in [0, 0.05) is 17.7 Å². The average molecular weight is 394 g/mol. The monoisotopic (exact) mass is 394 g/mol. The third-order valence-electron chi connectivity index (χ3n) is 3.77. The van der Waals surface area contributed by atoms with Gasteiger partial charge in [0.15, 0.2) is 0 Å². The molecule has 0 atom stereocenters. The molecule has 5 nitrogen and oxygen atoms in total. The van der Waals surface area contributed by atoms with Crippen LogP contribution in [0.5, 0.6) is 11.5 Å². The van der Waals surface area contributed by atoms with Gasteiger partial charge in [0.05, 0.1) is 19.3 Å². The van der Waals surface area contributed by atoms with E-state index in [1.165, 1.54) is 49.6 Å². The maximum atomic E-state index is 13.4. The van der Waals surface area contributed by atoms with Gasteiger partial charge in [-0.25, -0.2) is 9.07 Å². The van der Waals surface area contributed by atoms with Gasteiger partial charge in [-0.15, -0.1) is 13.2 Å². The summed E-state index contributed by atoms with van der Waals surface area (Å²) in [7, 11) is 1.38. The second-order valence-corrected chi connectivity index (χ2v) is 5.75. The van der Waals surface area contributed by atoms with E-state index in [0.29, 0.717) is 16.8 Å². The Morgan fingerprint density at radius 2 is 1.86 bits per heavy atom. The van der Waals surface area contributed by atoms with Crippen LogP contribution in [0.25, 0.3) is 11.3 Å². The second-order valence-electron chi connectivity index (χ2n) is 5.75. The number of benzene rings is 2. The summed E-state index contributed by atoms with van der Waals surface area (Å²) in [5, 5.41) is 4.22. The van der Waals surface area contributed by atoms with Gasteiger partial charge in [-0.2, -0.15) is 5.10 Å². The Balaban J connectivity index is 1.93. The van der Waals surface area contributed by atoms with Crippen molar-refractivity contribution in [2.24, 2.45) is 0 Å². The van der Waals surface area contributed by atoms with Crippen LogP contribution in [0.4, 0.5) is 17.6 Å². The highest BCUT2D eigenvalue weighted by atomic mass is 19.4. The molecule has 0 aliphatic rings. The van der Waals surface area contributed by atoms with Crippen molar-refractivity contribution in [3.63, 3.8) is 0 Å². The first-order valence-corrected chi connectivity index (χ1v) is 8.02. The summed E-state index contributed by atoms with van der Waals surface area (Å²) in [4.78, 5) is 12.1. The number of ether oxygens (including phenoxy) is 2. The quantitative estimate of drug-likeness (QED) is 0.614. The zero-order chi connectivity index (χ0) is 20.3. The van der Waals surface area contributed by atoms with E-state index < -0.39 is 23.5 Å². The number of hydrogen-bond acceptors (Lipinski definition) is 4. The van der Waals surface area contributed by atoms with E-state index in [1.54, 1.807) is 6.07 Å². The normalized spacial score (nSPS) is 11.3. The fourth-order valence-electron chi connectivity index (χ4n) is 2.60. The number of rotatable bonds is 5. The fraction of sp³-hybridized carbons (Fsp3) is 0.158. The van der Waals surface area contributed by atoms with E-state index in [-0.39, 0.29) is 12.3 Å². The van der Waals surface area contributed by atoms with Crippen LogP contribution in [0.1, 0.15) is 5.56 Å². The third kappa shape index (κ3) is 4.67. The molecule has 0 amide bonds. The number of methoxy groups -OCH3 is 1. The lowest BCUT2D eigenvalue weighted by molar-refractivity contribution is -0.274. The van der Waals surface area contributed by atoms with E-state index in [0.717, 1.165) is 10.7 Å². The van der Waals surface area contributed by atoms with Crippen molar-refractivity contribution in [3.8, 4) is 22.8 Å². The summed E-state index contributed by atoms with van der Waals surface area (Å²) in [6, 6.07) is 11.9. The Morgan fingerprint density at radius 1 is 1.07 bits per heavy atom. The summed E-state index contributed by atoms with van der Waals surface area (Å²) < 4.78 is 60.6. The molecule has 2 aromatic carbocycles. The molecule has 3 rings (SSSR count). The van der Waals surface area contributed by atoms with E-state index in [1.807, 2.05) is 0 Å². The summed E-state index contributed by atoms with van der Waals surface area (Å²) in [6.45, 7) is -0.0781. The molecule has 0 fully saturated rings. The van der Waals surface area contributed by atoms with Crippen LogP contribution in [0.15, 0.2) is 59.4 Å². The Morgan fingerprint density at radius 3 is 2.57 bits per heavy atom. The van der Waals surface area contributed by atoms with Crippen molar-refractivity contribution in [2.75, 3.05) is 7.11 Å². The maximum absolute atomic E-state index is 13.4. The molecular weight excluding hydrogens is 380 g/mol. The van der Waals surface area contributed by atoms with Crippen LogP contribution >= 0.6 is 0 Å². The molecule has 146 valence electrons. The first kappa shape index (κ1) is 19.4. The summed E-state index contributed by atoms with van der Waals surface area (Å²) in [5.74, 6) is -0.650. The predicted octanol–water partition coefficient (Wildman–Crippen LogP) is 4.00. The van der Waals surface area contributed by atoms with Gasteiger partial charge < -0.3 is 9.47 Å². The topological polar surface area (TPSA) is 53.4 Å². The summed E-state index contributed by atoms with van der Waals surface area (Å²) in [5.41, 5.74) is 0.748. The van der Waals surface area contributed by atoms with Crippen LogP contribution in [-0.2, 0) is 6.54 Å². The van der Waals surface area contributed by atoms with Crippen LogP contribution in [0.2, 0.25) is 0 Å². The highest BCUT2D eigenvalue weighted by Gasteiger charge is 2.31. The molecule has 0 bridgehead atoms. The van der Waals surface area contributed by atoms with E-state index in [9.17, 15) is 22.4 Å². The first-order chi connectivity index (χ1) is 13.2. The molecule has 3 aromatic rings. The maximum Gasteiger partial charge on any atom is 0.573 e. The molecule has 0 saturated heterocycles. The first-order valence-electron chi connectivity index (χ1n) is 8.02. The molecule has 0 radical (unpaired) electrons. The summed E-state index contributed by atoms with van der Waals surface area (Å²) in [6.07, 6.45) is -4.81. The van der Waals surface area contributed by atoms with Crippen molar-refractivity contribution >= 4 is 0 Å². The minimum absolute atomic E-state index is 0.0781. The molecule has 9 heteroatoms. The minimum atomic E-state index is -4.81. The Labute approximate surface area is 156 Å². The molecule has 0 spiro atoms.